The molecule has 0 fully saturated rings. The lowest BCUT2D eigenvalue weighted by molar-refractivity contribution is -0.153. The van der Waals surface area contributed by atoms with Crippen LogP contribution in [-0.2, 0) is 16.1 Å². The summed E-state index contributed by atoms with van der Waals surface area (Å²) >= 11 is 0. The van der Waals surface area contributed by atoms with Crippen LogP contribution in [0.4, 0.5) is 0 Å². The molecule has 0 saturated heterocycles. The van der Waals surface area contributed by atoms with E-state index in [-0.39, 0.29) is 18.4 Å². The van der Waals surface area contributed by atoms with Crippen molar-refractivity contribution in [3.63, 3.8) is 0 Å². The van der Waals surface area contributed by atoms with Crippen LogP contribution in [0.1, 0.15) is 51.2 Å². The lowest BCUT2D eigenvalue weighted by Gasteiger charge is -2.32. The fourth-order valence-electron chi connectivity index (χ4n) is 3.92. The van der Waals surface area contributed by atoms with Crippen molar-refractivity contribution >= 4 is 17.6 Å². The molecular formula is C25H30N4O3. The van der Waals surface area contributed by atoms with Gasteiger partial charge in [0.05, 0.1) is 5.71 Å². The van der Waals surface area contributed by atoms with E-state index in [1.54, 1.807) is 0 Å². The van der Waals surface area contributed by atoms with Gasteiger partial charge in [-0.15, -0.1) is 5.10 Å². The number of unbranched alkanes of at least 4 members (excludes halogenated alkanes) is 1. The monoisotopic (exact) mass is 434 g/mol. The molecule has 32 heavy (non-hydrogen) atoms. The SMILES string of the molecule is CCCCC(=O)N(Cc1ccc(-c2ccccc2C2=NN=NC2)cc1)C(C(=O)O)C(C)C. The highest BCUT2D eigenvalue weighted by atomic mass is 16.4. The fraction of sp³-hybridized carbons (Fsp3) is 0.400. The van der Waals surface area contributed by atoms with Crippen LogP contribution in [0.2, 0.25) is 0 Å². The van der Waals surface area contributed by atoms with Crippen LogP contribution in [0.3, 0.4) is 0 Å². The predicted molar refractivity (Wildman–Crippen MR) is 124 cm³/mol. The zero-order chi connectivity index (χ0) is 23.1. The average Bonchev–Trinajstić information content (AvgIpc) is 3.32. The highest BCUT2D eigenvalue weighted by molar-refractivity contribution is 6.07. The lowest BCUT2D eigenvalue weighted by atomic mass is 9.95. The molecule has 1 amide bonds. The first-order valence-corrected chi connectivity index (χ1v) is 11.1. The summed E-state index contributed by atoms with van der Waals surface area (Å²) in [7, 11) is 0. The first kappa shape index (κ1) is 23.3. The smallest absolute Gasteiger partial charge is 0.326 e. The molecule has 1 unspecified atom stereocenters. The van der Waals surface area contributed by atoms with E-state index < -0.39 is 12.0 Å². The average molecular weight is 435 g/mol. The maximum Gasteiger partial charge on any atom is 0.326 e. The Bertz CT molecular complexity index is 1010. The number of hydrogen-bond acceptors (Lipinski definition) is 5. The Morgan fingerprint density at radius 1 is 1.06 bits per heavy atom. The maximum absolute atomic E-state index is 12.9. The van der Waals surface area contributed by atoms with Crippen molar-refractivity contribution in [1.29, 1.82) is 0 Å². The van der Waals surface area contributed by atoms with Crippen LogP contribution in [-0.4, -0.2) is 40.2 Å². The number of carboxylic acids is 1. The Morgan fingerprint density at radius 3 is 2.31 bits per heavy atom. The Hall–Kier alpha value is -3.35. The molecule has 0 bridgehead atoms. The lowest BCUT2D eigenvalue weighted by Crippen LogP contribution is -2.47. The van der Waals surface area contributed by atoms with E-state index in [9.17, 15) is 14.7 Å². The summed E-state index contributed by atoms with van der Waals surface area (Å²) in [5.41, 5.74) is 4.77. The number of amides is 1. The molecule has 7 heteroatoms. The molecule has 0 aromatic heterocycles. The quantitative estimate of drug-likeness (QED) is 0.560. The molecule has 7 nitrogen and oxygen atoms in total. The summed E-state index contributed by atoms with van der Waals surface area (Å²) in [6, 6.07) is 15.0. The van der Waals surface area contributed by atoms with Gasteiger partial charge in [0.2, 0.25) is 5.91 Å². The van der Waals surface area contributed by atoms with Gasteiger partial charge >= 0.3 is 5.97 Å². The molecule has 1 heterocycles. The highest BCUT2D eigenvalue weighted by Crippen LogP contribution is 2.27. The second-order valence-corrected chi connectivity index (χ2v) is 8.33. The summed E-state index contributed by atoms with van der Waals surface area (Å²) in [6.07, 6.45) is 1.99. The zero-order valence-corrected chi connectivity index (χ0v) is 18.9. The van der Waals surface area contributed by atoms with Crippen molar-refractivity contribution in [3.05, 3.63) is 59.7 Å². The van der Waals surface area contributed by atoms with Gasteiger partial charge in [-0.25, -0.2) is 4.79 Å². The van der Waals surface area contributed by atoms with Gasteiger partial charge in [0.25, 0.3) is 0 Å². The first-order valence-electron chi connectivity index (χ1n) is 11.1. The maximum atomic E-state index is 12.9. The number of carbonyl (C=O) groups is 2. The topological polar surface area (TPSA) is 94.7 Å². The third-order valence-corrected chi connectivity index (χ3v) is 5.59. The Labute approximate surface area is 188 Å². The number of carbonyl (C=O) groups excluding carboxylic acids is 1. The van der Waals surface area contributed by atoms with Gasteiger partial charge in [0.15, 0.2) is 0 Å². The van der Waals surface area contributed by atoms with Gasteiger partial charge in [0, 0.05) is 18.5 Å². The van der Waals surface area contributed by atoms with Crippen LogP contribution >= 0.6 is 0 Å². The number of benzene rings is 2. The minimum absolute atomic E-state index is 0.117. The standard InChI is InChI=1S/C25H30N4O3/c1-4-5-10-23(30)29(24(17(2)3)25(31)32)16-18-11-13-19(14-12-18)20-8-6-7-9-21(20)22-15-26-28-27-22/h6-9,11-14,17,24H,4-5,10,15-16H2,1-3H3,(H,31,32). The molecule has 1 aliphatic rings. The molecule has 0 aliphatic carbocycles. The van der Waals surface area contributed by atoms with Crippen molar-refractivity contribution < 1.29 is 14.7 Å². The summed E-state index contributed by atoms with van der Waals surface area (Å²) < 4.78 is 0. The van der Waals surface area contributed by atoms with E-state index in [4.69, 9.17) is 0 Å². The number of aliphatic carboxylic acids is 1. The first-order chi connectivity index (χ1) is 15.4. The van der Waals surface area contributed by atoms with Gasteiger partial charge in [0.1, 0.15) is 12.6 Å². The normalized spacial score (nSPS) is 13.8. The number of nitrogens with zero attached hydrogens (tertiary/aromatic N) is 4. The van der Waals surface area contributed by atoms with E-state index in [1.165, 1.54) is 4.90 Å². The number of hydrogen-bond donors (Lipinski definition) is 1. The minimum atomic E-state index is -0.969. The van der Waals surface area contributed by atoms with Crippen molar-refractivity contribution in [1.82, 2.24) is 4.90 Å². The second kappa shape index (κ2) is 10.8. The largest absolute Gasteiger partial charge is 0.480 e. The predicted octanol–water partition coefficient (Wildman–Crippen LogP) is 5.15. The van der Waals surface area contributed by atoms with Crippen molar-refractivity contribution in [2.24, 2.45) is 21.4 Å². The van der Waals surface area contributed by atoms with E-state index in [1.807, 2.05) is 69.3 Å². The highest BCUT2D eigenvalue weighted by Gasteiger charge is 2.32. The van der Waals surface area contributed by atoms with Crippen LogP contribution in [0.5, 0.6) is 0 Å². The summed E-state index contributed by atoms with van der Waals surface area (Å²) in [5, 5.41) is 21.6. The Morgan fingerprint density at radius 2 is 1.75 bits per heavy atom. The fourth-order valence-corrected chi connectivity index (χ4v) is 3.92. The van der Waals surface area contributed by atoms with Crippen molar-refractivity contribution in [2.45, 2.75) is 52.6 Å². The van der Waals surface area contributed by atoms with Gasteiger partial charge < -0.3 is 10.0 Å². The molecule has 1 atom stereocenters. The summed E-state index contributed by atoms with van der Waals surface area (Å²) in [4.78, 5) is 26.3. The number of carboxylic acid groups (broad SMARTS) is 1. The van der Waals surface area contributed by atoms with E-state index in [2.05, 4.69) is 15.4 Å². The molecule has 2 aromatic carbocycles. The Kier molecular flexibility index (Phi) is 7.87. The van der Waals surface area contributed by atoms with Gasteiger partial charge in [-0.1, -0.05) is 75.7 Å². The molecule has 168 valence electrons. The van der Waals surface area contributed by atoms with E-state index in [0.29, 0.717) is 13.0 Å². The van der Waals surface area contributed by atoms with Crippen LogP contribution in [0, 0.1) is 5.92 Å². The molecule has 0 spiro atoms. The minimum Gasteiger partial charge on any atom is -0.480 e. The summed E-state index contributed by atoms with van der Waals surface area (Å²) in [5.74, 6) is -1.27. The molecule has 3 rings (SSSR count). The molecular weight excluding hydrogens is 404 g/mol. The van der Waals surface area contributed by atoms with E-state index in [0.717, 1.165) is 40.8 Å². The molecule has 1 N–H and O–H groups in total. The van der Waals surface area contributed by atoms with Crippen LogP contribution < -0.4 is 0 Å². The van der Waals surface area contributed by atoms with Crippen LogP contribution in [0.25, 0.3) is 11.1 Å². The molecule has 1 aliphatic heterocycles. The van der Waals surface area contributed by atoms with Crippen molar-refractivity contribution in [3.8, 4) is 11.1 Å². The third kappa shape index (κ3) is 5.46. The van der Waals surface area contributed by atoms with Gasteiger partial charge in [-0.3, -0.25) is 4.79 Å². The second-order valence-electron chi connectivity index (χ2n) is 8.33. The molecule has 2 aromatic rings. The van der Waals surface area contributed by atoms with Crippen LogP contribution in [0.15, 0.2) is 64.0 Å². The Balaban J connectivity index is 1.85. The van der Waals surface area contributed by atoms with E-state index >= 15 is 0 Å². The molecule has 0 saturated carbocycles. The van der Waals surface area contributed by atoms with Crippen molar-refractivity contribution in [2.75, 3.05) is 6.54 Å². The molecule has 0 radical (unpaired) electrons. The number of rotatable bonds is 10. The summed E-state index contributed by atoms with van der Waals surface area (Å²) in [6.45, 7) is 6.43. The van der Waals surface area contributed by atoms with Gasteiger partial charge in [-0.05, 0) is 34.3 Å². The zero-order valence-electron chi connectivity index (χ0n) is 18.9. The van der Waals surface area contributed by atoms with Gasteiger partial charge in [-0.2, -0.15) is 5.11 Å². The third-order valence-electron chi connectivity index (χ3n) is 5.59.